The first-order chi connectivity index (χ1) is 9.58. The summed E-state index contributed by atoms with van der Waals surface area (Å²) in [5.74, 6) is 3.32. The molecule has 114 valence electrons. The maximum absolute atomic E-state index is 6.08. The predicted octanol–water partition coefficient (Wildman–Crippen LogP) is 5.38. The van der Waals surface area contributed by atoms with E-state index in [2.05, 4.69) is 38.5 Å². The van der Waals surface area contributed by atoms with Gasteiger partial charge in [0.15, 0.2) is 11.5 Å². The van der Waals surface area contributed by atoms with Crippen molar-refractivity contribution in [1.29, 1.82) is 0 Å². The molecule has 0 bridgehead atoms. The molecule has 0 radical (unpaired) electrons. The van der Waals surface area contributed by atoms with Crippen molar-refractivity contribution in [2.75, 3.05) is 13.2 Å². The van der Waals surface area contributed by atoms with Crippen LogP contribution in [-0.2, 0) is 0 Å². The minimum absolute atomic E-state index is 0.168. The molecule has 2 rings (SSSR count). The third-order valence-corrected chi connectivity index (χ3v) is 5.32. The first kappa shape index (κ1) is 15.7. The van der Waals surface area contributed by atoms with Gasteiger partial charge in [-0.1, -0.05) is 40.5 Å². The van der Waals surface area contributed by atoms with Crippen molar-refractivity contribution >= 4 is 11.3 Å². The Hall–Kier alpha value is -0.700. The van der Waals surface area contributed by atoms with Crippen molar-refractivity contribution in [2.24, 2.45) is 17.3 Å². The van der Waals surface area contributed by atoms with Gasteiger partial charge in [-0.2, -0.15) is 0 Å². The van der Waals surface area contributed by atoms with Gasteiger partial charge in [-0.3, -0.25) is 0 Å². The molecule has 0 saturated heterocycles. The first-order valence-electron chi connectivity index (χ1n) is 7.90. The molecule has 2 heterocycles. The van der Waals surface area contributed by atoms with Crippen molar-refractivity contribution in [3.05, 3.63) is 10.8 Å². The second kappa shape index (κ2) is 6.84. The molecule has 0 fully saturated rings. The van der Waals surface area contributed by atoms with Crippen LogP contribution in [0, 0.1) is 17.3 Å². The molecule has 0 saturated carbocycles. The molecule has 0 unspecified atom stereocenters. The minimum atomic E-state index is 0.168. The summed E-state index contributed by atoms with van der Waals surface area (Å²) in [7, 11) is 0. The number of hydrogen-bond acceptors (Lipinski definition) is 3. The zero-order valence-electron chi connectivity index (χ0n) is 13.3. The topological polar surface area (TPSA) is 18.5 Å². The lowest BCUT2D eigenvalue weighted by atomic mass is 9.74. The van der Waals surface area contributed by atoms with Gasteiger partial charge < -0.3 is 9.47 Å². The van der Waals surface area contributed by atoms with Crippen LogP contribution in [0.15, 0.2) is 10.8 Å². The highest BCUT2D eigenvalue weighted by atomic mass is 32.1. The van der Waals surface area contributed by atoms with Crippen LogP contribution < -0.4 is 9.47 Å². The fourth-order valence-corrected chi connectivity index (χ4v) is 3.76. The molecule has 1 aromatic rings. The average molecular weight is 296 g/mol. The molecule has 0 amide bonds. The van der Waals surface area contributed by atoms with Gasteiger partial charge in [0.2, 0.25) is 0 Å². The Morgan fingerprint density at radius 1 is 1.00 bits per heavy atom. The summed E-state index contributed by atoms with van der Waals surface area (Å²) in [6.07, 6.45) is 4.84. The average Bonchev–Trinajstić information content (AvgIpc) is 2.84. The van der Waals surface area contributed by atoms with Crippen LogP contribution >= 0.6 is 11.3 Å². The van der Waals surface area contributed by atoms with E-state index in [4.69, 9.17) is 9.47 Å². The zero-order chi connectivity index (χ0) is 14.6. The molecule has 1 aliphatic heterocycles. The van der Waals surface area contributed by atoms with Crippen LogP contribution in [0.4, 0.5) is 0 Å². The lowest BCUT2D eigenvalue weighted by Gasteiger charge is -2.35. The summed E-state index contributed by atoms with van der Waals surface area (Å²) in [5, 5.41) is 4.11. The Labute approximate surface area is 127 Å². The highest BCUT2D eigenvalue weighted by Crippen LogP contribution is 2.42. The van der Waals surface area contributed by atoms with Gasteiger partial charge in [0.25, 0.3) is 0 Å². The normalized spacial score (nSPS) is 20.2. The van der Waals surface area contributed by atoms with Crippen molar-refractivity contribution in [3.63, 3.8) is 0 Å². The summed E-state index contributed by atoms with van der Waals surface area (Å²) < 4.78 is 12.2. The Balaban J connectivity index is 2.12. The van der Waals surface area contributed by atoms with E-state index in [0.717, 1.165) is 36.5 Å². The van der Waals surface area contributed by atoms with Crippen LogP contribution in [0.3, 0.4) is 0 Å². The molecule has 3 heteroatoms. The third-order valence-electron chi connectivity index (χ3n) is 4.62. The van der Waals surface area contributed by atoms with Crippen LogP contribution in [0.25, 0.3) is 0 Å². The van der Waals surface area contributed by atoms with Gasteiger partial charge in [0.1, 0.15) is 0 Å². The molecule has 0 aromatic carbocycles. The highest BCUT2D eigenvalue weighted by Gasteiger charge is 2.37. The summed E-state index contributed by atoms with van der Waals surface area (Å²) in [6.45, 7) is 10.8. The van der Waals surface area contributed by atoms with E-state index in [1.807, 2.05) is 0 Å². The summed E-state index contributed by atoms with van der Waals surface area (Å²) in [6, 6.07) is 0. The fraction of sp³-hybridized carbons (Fsp3) is 0.765. The lowest BCUT2D eigenvalue weighted by Crippen LogP contribution is -2.37. The van der Waals surface area contributed by atoms with Crippen LogP contribution in [0.5, 0.6) is 11.5 Å². The molecule has 0 aliphatic carbocycles. The van der Waals surface area contributed by atoms with Crippen molar-refractivity contribution in [3.8, 4) is 11.5 Å². The smallest absolute Gasteiger partial charge is 0.171 e. The zero-order valence-corrected chi connectivity index (χ0v) is 14.1. The van der Waals surface area contributed by atoms with E-state index in [1.165, 1.54) is 25.7 Å². The van der Waals surface area contributed by atoms with Gasteiger partial charge in [-0.05, 0) is 24.7 Å². The lowest BCUT2D eigenvalue weighted by molar-refractivity contribution is 0.0532. The van der Waals surface area contributed by atoms with Crippen LogP contribution in [0.2, 0.25) is 0 Å². The van der Waals surface area contributed by atoms with Gasteiger partial charge in [0, 0.05) is 16.2 Å². The fourth-order valence-electron chi connectivity index (χ4n) is 3.07. The number of rotatable bonds is 6. The molecule has 20 heavy (non-hydrogen) atoms. The van der Waals surface area contributed by atoms with E-state index in [0.29, 0.717) is 0 Å². The van der Waals surface area contributed by atoms with Gasteiger partial charge >= 0.3 is 0 Å². The van der Waals surface area contributed by atoms with E-state index in [1.54, 1.807) is 11.3 Å². The Bertz CT molecular complexity index is 376. The summed E-state index contributed by atoms with van der Waals surface area (Å²) in [5.41, 5.74) is 0.168. The van der Waals surface area contributed by atoms with Gasteiger partial charge in [0.05, 0.1) is 13.2 Å². The largest absolute Gasteiger partial charge is 0.488 e. The number of thiophene rings is 1. The first-order valence-corrected chi connectivity index (χ1v) is 8.84. The SMILES string of the molecule is CC[C@H](C)CC1(C[C@@H](C)CC)COc2cscc2OC1. The van der Waals surface area contributed by atoms with E-state index in [9.17, 15) is 0 Å². The molecule has 0 N–H and O–H groups in total. The molecule has 1 aromatic heterocycles. The Kier molecular flexibility index (Phi) is 5.36. The van der Waals surface area contributed by atoms with E-state index >= 15 is 0 Å². The maximum Gasteiger partial charge on any atom is 0.171 e. The minimum Gasteiger partial charge on any atom is -0.488 e. The van der Waals surface area contributed by atoms with Crippen molar-refractivity contribution in [2.45, 2.75) is 53.4 Å². The molecule has 2 nitrogen and oxygen atoms in total. The van der Waals surface area contributed by atoms with Crippen LogP contribution in [0.1, 0.15) is 53.4 Å². The standard InChI is InChI=1S/C17H28O2S/c1-5-13(3)7-17(8-14(4)6-2)11-18-15-9-20-10-16(15)19-12-17/h9-10,13-14H,5-8,11-12H2,1-4H3/t13-,14-/m0/s1. The van der Waals surface area contributed by atoms with Crippen LogP contribution in [-0.4, -0.2) is 13.2 Å². The number of ether oxygens (including phenoxy) is 2. The van der Waals surface area contributed by atoms with Gasteiger partial charge in [-0.15, -0.1) is 11.3 Å². The summed E-state index contributed by atoms with van der Waals surface area (Å²) in [4.78, 5) is 0. The third kappa shape index (κ3) is 3.69. The maximum atomic E-state index is 6.08. The van der Waals surface area contributed by atoms with Crippen molar-refractivity contribution in [1.82, 2.24) is 0 Å². The van der Waals surface area contributed by atoms with Gasteiger partial charge in [-0.25, -0.2) is 0 Å². The molecule has 2 atom stereocenters. The van der Waals surface area contributed by atoms with E-state index < -0.39 is 0 Å². The Morgan fingerprint density at radius 2 is 1.45 bits per heavy atom. The molecular weight excluding hydrogens is 268 g/mol. The second-order valence-electron chi connectivity index (χ2n) is 6.61. The molecule has 1 aliphatic rings. The quantitative estimate of drug-likeness (QED) is 0.702. The highest BCUT2D eigenvalue weighted by molar-refractivity contribution is 7.08. The molecule has 0 spiro atoms. The number of hydrogen-bond donors (Lipinski definition) is 0. The van der Waals surface area contributed by atoms with E-state index in [-0.39, 0.29) is 5.41 Å². The number of fused-ring (bicyclic) bond motifs is 1. The Morgan fingerprint density at radius 3 is 1.85 bits per heavy atom. The van der Waals surface area contributed by atoms with Crippen molar-refractivity contribution < 1.29 is 9.47 Å². The monoisotopic (exact) mass is 296 g/mol. The summed E-state index contributed by atoms with van der Waals surface area (Å²) >= 11 is 1.65. The predicted molar refractivity (Wildman–Crippen MR) is 85.9 cm³/mol. The second-order valence-corrected chi connectivity index (χ2v) is 7.36. The molecular formula is C17H28O2S.